The highest BCUT2D eigenvalue weighted by molar-refractivity contribution is 7.09. The van der Waals surface area contributed by atoms with E-state index in [0.29, 0.717) is 12.5 Å². The van der Waals surface area contributed by atoms with Crippen molar-refractivity contribution >= 4 is 17.2 Å². The van der Waals surface area contributed by atoms with Crippen molar-refractivity contribution in [2.24, 2.45) is 17.6 Å². The highest BCUT2D eigenvalue weighted by atomic mass is 32.1. The van der Waals surface area contributed by atoms with E-state index in [1.807, 2.05) is 24.4 Å². The Morgan fingerprint density at radius 1 is 1.47 bits per heavy atom. The van der Waals surface area contributed by atoms with E-state index >= 15 is 0 Å². The van der Waals surface area contributed by atoms with Crippen LogP contribution in [-0.4, -0.2) is 29.4 Å². The van der Waals surface area contributed by atoms with Crippen LogP contribution in [0.3, 0.4) is 0 Å². The van der Waals surface area contributed by atoms with E-state index in [2.05, 4.69) is 4.98 Å². The summed E-state index contributed by atoms with van der Waals surface area (Å²) in [5.41, 5.74) is 8.57. The van der Waals surface area contributed by atoms with Crippen LogP contribution in [0.1, 0.15) is 36.3 Å². The van der Waals surface area contributed by atoms with Gasteiger partial charge in [-0.3, -0.25) is 4.79 Å². The number of hydrogen-bond acceptors (Lipinski definition) is 4. The fourth-order valence-corrected chi connectivity index (χ4v) is 3.56. The Morgan fingerprint density at radius 3 is 2.68 bits per heavy atom. The van der Waals surface area contributed by atoms with E-state index in [-0.39, 0.29) is 11.8 Å². The van der Waals surface area contributed by atoms with Crippen molar-refractivity contribution in [3.8, 4) is 0 Å². The fourth-order valence-electron chi connectivity index (χ4n) is 2.73. The summed E-state index contributed by atoms with van der Waals surface area (Å²) in [5.74, 6) is 1.10. The monoisotopic (exact) mass is 281 g/mol. The molecule has 2 N–H and O–H groups in total. The molecule has 1 saturated carbocycles. The molecule has 5 heteroatoms. The van der Waals surface area contributed by atoms with Crippen molar-refractivity contribution < 1.29 is 4.79 Å². The average Bonchev–Trinajstić information content (AvgIpc) is 2.83. The third-order valence-electron chi connectivity index (χ3n) is 4.13. The van der Waals surface area contributed by atoms with Crippen molar-refractivity contribution in [1.29, 1.82) is 0 Å². The van der Waals surface area contributed by atoms with Crippen LogP contribution >= 0.6 is 11.3 Å². The lowest BCUT2D eigenvalue weighted by atomic mass is 9.81. The number of rotatable bonds is 4. The summed E-state index contributed by atoms with van der Waals surface area (Å²) in [6, 6.07) is 0. The molecule has 1 aromatic heterocycles. The normalized spacial score (nSPS) is 23.3. The number of amides is 1. The van der Waals surface area contributed by atoms with Gasteiger partial charge in [0.1, 0.15) is 0 Å². The molecule has 0 spiro atoms. The Kier molecular flexibility index (Phi) is 4.93. The van der Waals surface area contributed by atoms with Gasteiger partial charge in [0, 0.05) is 17.8 Å². The van der Waals surface area contributed by atoms with E-state index in [0.717, 1.165) is 37.9 Å². The van der Waals surface area contributed by atoms with Gasteiger partial charge in [-0.15, -0.1) is 11.3 Å². The van der Waals surface area contributed by atoms with Gasteiger partial charge < -0.3 is 10.6 Å². The number of aromatic nitrogens is 1. The molecule has 4 nitrogen and oxygen atoms in total. The van der Waals surface area contributed by atoms with Crippen molar-refractivity contribution in [1.82, 2.24) is 9.88 Å². The van der Waals surface area contributed by atoms with Crippen LogP contribution in [0.2, 0.25) is 0 Å². The van der Waals surface area contributed by atoms with Crippen molar-refractivity contribution in [2.45, 2.75) is 39.2 Å². The van der Waals surface area contributed by atoms with Gasteiger partial charge in [-0.05, 0) is 45.1 Å². The molecule has 19 heavy (non-hydrogen) atoms. The van der Waals surface area contributed by atoms with Crippen LogP contribution in [0.25, 0.3) is 0 Å². The Hall–Kier alpha value is -0.940. The summed E-state index contributed by atoms with van der Waals surface area (Å²) in [7, 11) is 1.90. The van der Waals surface area contributed by atoms with Crippen LogP contribution in [0, 0.1) is 18.8 Å². The molecule has 0 atom stereocenters. The Labute approximate surface area is 119 Å². The second-order valence-electron chi connectivity index (χ2n) is 5.51. The zero-order valence-corrected chi connectivity index (χ0v) is 12.6. The molecule has 1 heterocycles. The highest BCUT2D eigenvalue weighted by Gasteiger charge is 2.27. The van der Waals surface area contributed by atoms with Crippen LogP contribution in [0.4, 0.5) is 0 Å². The number of thiazole rings is 1. The van der Waals surface area contributed by atoms with Gasteiger partial charge in [0.05, 0.1) is 17.7 Å². The zero-order valence-electron chi connectivity index (χ0n) is 11.8. The number of carbonyl (C=O) groups excluding carboxylic acids is 1. The molecular formula is C14H23N3OS. The standard InChI is InChI=1S/C14H23N3OS/c1-10-13(19-9-16-10)8-17(2)14(18)12-5-3-11(7-15)4-6-12/h9,11-12H,3-8,15H2,1-2H3. The number of hydrogen-bond donors (Lipinski definition) is 1. The predicted molar refractivity (Wildman–Crippen MR) is 77.8 cm³/mol. The first-order valence-electron chi connectivity index (χ1n) is 6.95. The van der Waals surface area contributed by atoms with E-state index in [4.69, 9.17) is 5.73 Å². The molecule has 1 amide bonds. The predicted octanol–water partition coefficient (Wildman–Crippen LogP) is 2.18. The summed E-state index contributed by atoms with van der Waals surface area (Å²) in [6.07, 6.45) is 4.18. The van der Waals surface area contributed by atoms with Gasteiger partial charge in [0.15, 0.2) is 0 Å². The van der Waals surface area contributed by atoms with Crippen molar-refractivity contribution in [3.05, 3.63) is 16.1 Å². The maximum Gasteiger partial charge on any atom is 0.225 e. The summed E-state index contributed by atoms with van der Waals surface area (Å²) in [5, 5.41) is 0. The number of nitrogens with two attached hydrogens (primary N) is 1. The molecule has 1 aliphatic carbocycles. The summed E-state index contributed by atoms with van der Waals surface area (Å²) >= 11 is 1.62. The zero-order chi connectivity index (χ0) is 13.8. The third kappa shape index (κ3) is 3.54. The number of aryl methyl sites for hydroxylation is 1. The van der Waals surface area contributed by atoms with Gasteiger partial charge in [0.25, 0.3) is 0 Å². The van der Waals surface area contributed by atoms with E-state index in [9.17, 15) is 4.79 Å². The minimum absolute atomic E-state index is 0.195. The first kappa shape index (κ1) is 14.5. The molecule has 0 bridgehead atoms. The largest absolute Gasteiger partial charge is 0.340 e. The maximum atomic E-state index is 12.4. The molecule has 1 aliphatic rings. The smallest absolute Gasteiger partial charge is 0.225 e. The maximum absolute atomic E-state index is 12.4. The van der Waals surface area contributed by atoms with E-state index < -0.39 is 0 Å². The van der Waals surface area contributed by atoms with E-state index in [1.54, 1.807) is 11.3 Å². The summed E-state index contributed by atoms with van der Waals surface area (Å²) in [4.78, 5) is 19.7. The minimum atomic E-state index is 0.195. The molecule has 2 rings (SSSR count). The molecule has 0 aliphatic heterocycles. The van der Waals surface area contributed by atoms with Gasteiger partial charge in [-0.25, -0.2) is 4.98 Å². The van der Waals surface area contributed by atoms with Gasteiger partial charge in [-0.1, -0.05) is 0 Å². The lowest BCUT2D eigenvalue weighted by molar-refractivity contribution is -0.136. The van der Waals surface area contributed by atoms with Crippen LogP contribution in [0.5, 0.6) is 0 Å². The second kappa shape index (κ2) is 6.48. The SMILES string of the molecule is Cc1ncsc1CN(C)C(=O)C1CCC(CN)CC1. The molecule has 0 radical (unpaired) electrons. The lowest BCUT2D eigenvalue weighted by Gasteiger charge is -2.29. The topological polar surface area (TPSA) is 59.2 Å². The molecule has 0 unspecified atom stereocenters. The number of nitrogens with zero attached hydrogens (tertiary/aromatic N) is 2. The highest BCUT2D eigenvalue weighted by Crippen LogP contribution is 2.29. The minimum Gasteiger partial charge on any atom is -0.340 e. The molecule has 0 saturated heterocycles. The third-order valence-corrected chi connectivity index (χ3v) is 5.05. The molecule has 1 aromatic rings. The number of carbonyl (C=O) groups is 1. The first-order valence-corrected chi connectivity index (χ1v) is 7.83. The van der Waals surface area contributed by atoms with Crippen molar-refractivity contribution in [2.75, 3.05) is 13.6 Å². The second-order valence-corrected chi connectivity index (χ2v) is 6.45. The quantitative estimate of drug-likeness (QED) is 0.920. The molecule has 1 fully saturated rings. The Balaban J connectivity index is 1.88. The van der Waals surface area contributed by atoms with Gasteiger partial charge >= 0.3 is 0 Å². The Bertz CT molecular complexity index is 424. The molecule has 106 valence electrons. The van der Waals surface area contributed by atoms with Crippen LogP contribution in [-0.2, 0) is 11.3 Å². The van der Waals surface area contributed by atoms with Gasteiger partial charge in [0.2, 0.25) is 5.91 Å². The Morgan fingerprint density at radius 2 is 2.16 bits per heavy atom. The summed E-state index contributed by atoms with van der Waals surface area (Å²) < 4.78 is 0. The average molecular weight is 281 g/mol. The summed E-state index contributed by atoms with van der Waals surface area (Å²) in [6.45, 7) is 3.44. The van der Waals surface area contributed by atoms with Crippen LogP contribution < -0.4 is 5.73 Å². The molecular weight excluding hydrogens is 258 g/mol. The molecule has 0 aromatic carbocycles. The van der Waals surface area contributed by atoms with Gasteiger partial charge in [-0.2, -0.15) is 0 Å². The first-order chi connectivity index (χ1) is 9.11. The fraction of sp³-hybridized carbons (Fsp3) is 0.714. The lowest BCUT2D eigenvalue weighted by Crippen LogP contribution is -2.35. The van der Waals surface area contributed by atoms with Crippen LogP contribution in [0.15, 0.2) is 5.51 Å². The van der Waals surface area contributed by atoms with E-state index in [1.165, 1.54) is 4.88 Å². The van der Waals surface area contributed by atoms with Crippen molar-refractivity contribution in [3.63, 3.8) is 0 Å².